The molecule has 1 aromatic carbocycles. The van der Waals surface area contributed by atoms with Crippen LogP contribution in [0.15, 0.2) is 29.3 Å². The van der Waals surface area contributed by atoms with Crippen LogP contribution in [0.2, 0.25) is 0 Å². The molecule has 2 aromatic heterocycles. The first kappa shape index (κ1) is 22.9. The van der Waals surface area contributed by atoms with E-state index < -0.39 is 0 Å². The first-order chi connectivity index (χ1) is 15.9. The fraction of sp³-hybridized carbons (Fsp3) is 0.435. The molecule has 4 rings (SSSR count). The highest BCUT2D eigenvalue weighted by Crippen LogP contribution is 2.29. The van der Waals surface area contributed by atoms with Crippen molar-refractivity contribution >= 4 is 44.3 Å². The number of nitrogens with one attached hydrogen (secondary N) is 2. The van der Waals surface area contributed by atoms with Crippen LogP contribution < -0.4 is 21.1 Å². The lowest BCUT2D eigenvalue weighted by atomic mass is 9.97. The molecule has 1 atom stereocenters. The van der Waals surface area contributed by atoms with Gasteiger partial charge in [-0.25, -0.2) is 4.98 Å². The van der Waals surface area contributed by atoms with Crippen molar-refractivity contribution in [2.45, 2.75) is 40.2 Å². The molecule has 1 unspecified atom stereocenters. The Bertz CT molecular complexity index is 1250. The highest BCUT2D eigenvalue weighted by molar-refractivity contribution is 7.22. The third-order valence-electron chi connectivity index (χ3n) is 5.76. The Morgan fingerprint density at radius 3 is 2.85 bits per heavy atom. The number of aryl methyl sites for hydroxylation is 2. The zero-order valence-corrected chi connectivity index (χ0v) is 19.9. The van der Waals surface area contributed by atoms with Gasteiger partial charge in [0.25, 0.3) is 5.56 Å². The first-order valence-electron chi connectivity index (χ1n) is 11.1. The second kappa shape index (κ2) is 9.70. The van der Waals surface area contributed by atoms with E-state index in [1.54, 1.807) is 0 Å². The van der Waals surface area contributed by atoms with E-state index >= 15 is 0 Å². The van der Waals surface area contributed by atoms with E-state index in [0.29, 0.717) is 28.6 Å². The number of nitrogens with zero attached hydrogens (tertiary/aromatic N) is 4. The van der Waals surface area contributed by atoms with Crippen molar-refractivity contribution in [3.63, 3.8) is 0 Å². The van der Waals surface area contributed by atoms with Crippen LogP contribution in [-0.4, -0.2) is 46.0 Å². The number of aromatic nitrogens is 3. The monoisotopic (exact) mass is 468 g/mol. The molecule has 1 saturated heterocycles. The molecule has 9 nitrogen and oxygen atoms in total. The van der Waals surface area contributed by atoms with Gasteiger partial charge in [-0.1, -0.05) is 29.0 Å². The number of rotatable bonds is 6. The number of benzene rings is 1. The van der Waals surface area contributed by atoms with Gasteiger partial charge in [-0.15, -0.1) is 0 Å². The van der Waals surface area contributed by atoms with Crippen LogP contribution in [0.4, 0.5) is 10.8 Å². The largest absolute Gasteiger partial charge is 0.356 e. The maximum atomic E-state index is 13.0. The molecule has 33 heavy (non-hydrogen) atoms. The molecule has 2 N–H and O–H groups in total. The van der Waals surface area contributed by atoms with Gasteiger partial charge in [0.2, 0.25) is 11.8 Å². The van der Waals surface area contributed by atoms with Crippen molar-refractivity contribution in [2.75, 3.05) is 29.9 Å². The van der Waals surface area contributed by atoms with Gasteiger partial charge in [-0.05, 0) is 45.2 Å². The zero-order valence-electron chi connectivity index (χ0n) is 19.1. The Morgan fingerprint density at radius 2 is 2.09 bits per heavy atom. The van der Waals surface area contributed by atoms with Crippen LogP contribution in [0, 0.1) is 19.8 Å². The highest BCUT2D eigenvalue weighted by atomic mass is 32.1. The standard InChI is InChI=1S/C23H28N6O3S/c1-4-24-21(31)16-6-5-9-28(11-16)23-27-20-19(33-23)22(32)29(13-25-20)12-18(30)26-17-8-7-14(2)10-15(17)3/h7-8,10,13,16H,4-6,9,11-12H2,1-3H3,(H,24,31)(H,26,30). The van der Waals surface area contributed by atoms with Gasteiger partial charge >= 0.3 is 0 Å². The van der Waals surface area contributed by atoms with Crippen LogP contribution >= 0.6 is 11.3 Å². The number of hydrogen-bond acceptors (Lipinski definition) is 7. The smallest absolute Gasteiger partial charge is 0.273 e. The number of hydrogen-bond donors (Lipinski definition) is 2. The summed E-state index contributed by atoms with van der Waals surface area (Å²) in [6.45, 7) is 7.65. The fourth-order valence-electron chi connectivity index (χ4n) is 4.06. The van der Waals surface area contributed by atoms with Gasteiger partial charge in [-0.2, -0.15) is 4.98 Å². The van der Waals surface area contributed by atoms with Crippen molar-refractivity contribution in [3.8, 4) is 0 Å². The minimum atomic E-state index is -0.296. The lowest BCUT2D eigenvalue weighted by Gasteiger charge is -2.31. The minimum absolute atomic E-state index is 0.0543. The number of piperidine rings is 1. The molecule has 0 aliphatic carbocycles. The Labute approximate surface area is 195 Å². The lowest BCUT2D eigenvalue weighted by molar-refractivity contribution is -0.125. The molecule has 1 aliphatic heterocycles. The number of carbonyl (C=O) groups is 2. The summed E-state index contributed by atoms with van der Waals surface area (Å²) in [7, 11) is 0. The molecular weight excluding hydrogens is 440 g/mol. The van der Waals surface area contributed by atoms with Crippen molar-refractivity contribution in [1.82, 2.24) is 19.9 Å². The van der Waals surface area contributed by atoms with E-state index in [0.717, 1.165) is 36.2 Å². The molecule has 0 bridgehead atoms. The van der Waals surface area contributed by atoms with Crippen LogP contribution in [0.25, 0.3) is 10.3 Å². The number of anilines is 2. The van der Waals surface area contributed by atoms with Gasteiger partial charge in [0.1, 0.15) is 17.6 Å². The average Bonchev–Trinajstić information content (AvgIpc) is 3.23. The molecule has 10 heteroatoms. The number of fused-ring (bicyclic) bond motifs is 1. The molecule has 3 aromatic rings. The predicted molar refractivity (Wildman–Crippen MR) is 130 cm³/mol. The third kappa shape index (κ3) is 5.05. The summed E-state index contributed by atoms with van der Waals surface area (Å²) in [5, 5.41) is 6.43. The van der Waals surface area contributed by atoms with Crippen molar-refractivity contribution in [1.29, 1.82) is 0 Å². The van der Waals surface area contributed by atoms with Gasteiger partial charge < -0.3 is 15.5 Å². The predicted octanol–water partition coefficient (Wildman–Crippen LogP) is 2.46. The maximum Gasteiger partial charge on any atom is 0.273 e. The summed E-state index contributed by atoms with van der Waals surface area (Å²) in [5.41, 5.74) is 2.87. The van der Waals surface area contributed by atoms with Crippen molar-refractivity contribution < 1.29 is 9.59 Å². The topological polar surface area (TPSA) is 109 Å². The van der Waals surface area contributed by atoms with E-state index in [-0.39, 0.29) is 29.8 Å². The van der Waals surface area contributed by atoms with E-state index in [2.05, 4.69) is 20.6 Å². The minimum Gasteiger partial charge on any atom is -0.356 e. The molecule has 2 amide bonds. The van der Waals surface area contributed by atoms with E-state index in [4.69, 9.17) is 0 Å². The van der Waals surface area contributed by atoms with Crippen molar-refractivity contribution in [3.05, 3.63) is 46.0 Å². The molecular formula is C23H28N6O3S. The third-order valence-corrected chi connectivity index (χ3v) is 6.85. The number of carbonyl (C=O) groups excluding carboxylic acids is 2. The summed E-state index contributed by atoms with van der Waals surface area (Å²) >= 11 is 1.26. The summed E-state index contributed by atoms with van der Waals surface area (Å²) in [6.07, 6.45) is 3.09. The SMILES string of the molecule is CCNC(=O)C1CCCN(c2nc3ncn(CC(=O)Nc4ccc(C)cc4C)c(=O)c3s2)C1. The second-order valence-electron chi connectivity index (χ2n) is 8.37. The van der Waals surface area contributed by atoms with Gasteiger partial charge in [-0.3, -0.25) is 19.0 Å². The Kier molecular flexibility index (Phi) is 6.73. The van der Waals surface area contributed by atoms with Gasteiger partial charge in [0.15, 0.2) is 10.8 Å². The van der Waals surface area contributed by atoms with Gasteiger partial charge in [0.05, 0.1) is 5.92 Å². The van der Waals surface area contributed by atoms with Crippen molar-refractivity contribution in [2.24, 2.45) is 5.92 Å². The normalized spacial score (nSPS) is 16.1. The molecule has 1 fully saturated rings. The molecule has 0 radical (unpaired) electrons. The summed E-state index contributed by atoms with van der Waals surface area (Å²) < 4.78 is 1.71. The van der Waals surface area contributed by atoms with Crippen LogP contribution in [0.3, 0.4) is 0 Å². The van der Waals surface area contributed by atoms with Crippen LogP contribution in [0.1, 0.15) is 30.9 Å². The number of thiazole rings is 1. The van der Waals surface area contributed by atoms with Crippen LogP contribution in [-0.2, 0) is 16.1 Å². The molecule has 0 saturated carbocycles. The lowest BCUT2D eigenvalue weighted by Crippen LogP contribution is -2.43. The van der Waals surface area contributed by atoms with Crippen LogP contribution in [0.5, 0.6) is 0 Å². The first-order valence-corrected chi connectivity index (χ1v) is 11.9. The molecule has 0 spiro atoms. The second-order valence-corrected chi connectivity index (χ2v) is 9.35. The number of amides is 2. The summed E-state index contributed by atoms with van der Waals surface area (Å²) in [6, 6.07) is 5.78. The fourth-order valence-corrected chi connectivity index (χ4v) is 5.07. The van der Waals surface area contributed by atoms with E-state index in [1.165, 1.54) is 22.2 Å². The van der Waals surface area contributed by atoms with Gasteiger partial charge in [0, 0.05) is 25.3 Å². The summed E-state index contributed by atoms with van der Waals surface area (Å²) in [5.74, 6) is -0.335. The average molecular weight is 469 g/mol. The quantitative estimate of drug-likeness (QED) is 0.575. The van der Waals surface area contributed by atoms with E-state index in [9.17, 15) is 14.4 Å². The Balaban J connectivity index is 1.50. The molecule has 1 aliphatic rings. The molecule has 3 heterocycles. The Hall–Kier alpha value is -3.27. The highest BCUT2D eigenvalue weighted by Gasteiger charge is 2.27. The molecule has 174 valence electrons. The summed E-state index contributed by atoms with van der Waals surface area (Å²) in [4.78, 5) is 48.7. The Morgan fingerprint density at radius 1 is 1.27 bits per heavy atom. The zero-order chi connectivity index (χ0) is 23.5. The maximum absolute atomic E-state index is 13.0. The van der Waals surface area contributed by atoms with E-state index in [1.807, 2.05) is 43.9 Å².